The van der Waals surface area contributed by atoms with Crippen molar-refractivity contribution in [1.29, 1.82) is 0 Å². The van der Waals surface area contributed by atoms with E-state index in [0.29, 0.717) is 6.42 Å². The van der Waals surface area contributed by atoms with Crippen molar-refractivity contribution < 1.29 is 0 Å². The second kappa shape index (κ2) is 3.93. The van der Waals surface area contributed by atoms with Gasteiger partial charge in [0.1, 0.15) is 5.92 Å². The predicted octanol–water partition coefficient (Wildman–Crippen LogP) is 0.620. The van der Waals surface area contributed by atoms with E-state index in [1.54, 1.807) is 12.4 Å². The summed E-state index contributed by atoms with van der Waals surface area (Å²) in [5.74, 6) is 2.51. The van der Waals surface area contributed by atoms with Crippen molar-refractivity contribution in [3.05, 3.63) is 36.2 Å². The summed E-state index contributed by atoms with van der Waals surface area (Å²) in [6.07, 6.45) is 12.3. The zero-order valence-electron chi connectivity index (χ0n) is 8.09. The van der Waals surface area contributed by atoms with E-state index >= 15 is 0 Å². The fourth-order valence-corrected chi connectivity index (χ4v) is 1.62. The zero-order valence-corrected chi connectivity index (χ0v) is 8.09. The van der Waals surface area contributed by atoms with Crippen LogP contribution in [0, 0.1) is 12.3 Å². The van der Waals surface area contributed by atoms with E-state index in [1.807, 2.05) is 0 Å². The molecule has 1 atom stereocenters. The van der Waals surface area contributed by atoms with Crippen molar-refractivity contribution in [2.45, 2.75) is 12.3 Å². The lowest BCUT2D eigenvalue weighted by Crippen LogP contribution is -2.04. The lowest BCUT2D eigenvalue weighted by molar-refractivity contribution is 1.02. The molecule has 0 amide bonds. The van der Waals surface area contributed by atoms with Gasteiger partial charge in [-0.15, -0.1) is 6.42 Å². The SMILES string of the molecule is C#CC1C(=N/C=C\N)Cc2nccnc21. The normalized spacial score (nSPS) is 21.8. The van der Waals surface area contributed by atoms with Crippen LogP contribution in [0.1, 0.15) is 17.3 Å². The predicted molar refractivity (Wildman–Crippen MR) is 58.1 cm³/mol. The Morgan fingerprint density at radius 3 is 3.07 bits per heavy atom. The molecule has 0 aliphatic heterocycles. The fraction of sp³-hybridized carbons (Fsp3) is 0.182. The van der Waals surface area contributed by atoms with E-state index < -0.39 is 0 Å². The minimum absolute atomic E-state index is 0.162. The number of aromatic nitrogens is 2. The van der Waals surface area contributed by atoms with Crippen LogP contribution in [0.3, 0.4) is 0 Å². The number of nitrogens with two attached hydrogens (primary N) is 1. The number of aliphatic imine (C=N–C) groups is 1. The highest BCUT2D eigenvalue weighted by molar-refractivity contribution is 5.98. The highest BCUT2D eigenvalue weighted by atomic mass is 14.8. The molecular weight excluding hydrogens is 188 g/mol. The van der Waals surface area contributed by atoms with E-state index in [0.717, 1.165) is 17.1 Å². The largest absolute Gasteiger partial charge is 0.403 e. The lowest BCUT2D eigenvalue weighted by atomic mass is 10.1. The minimum atomic E-state index is -0.162. The van der Waals surface area contributed by atoms with Gasteiger partial charge in [0.25, 0.3) is 0 Å². The number of hydrogen-bond donors (Lipinski definition) is 1. The Morgan fingerprint density at radius 1 is 1.53 bits per heavy atom. The summed E-state index contributed by atoms with van der Waals surface area (Å²) < 4.78 is 0. The quantitative estimate of drug-likeness (QED) is 0.673. The number of rotatable bonds is 1. The third-order valence-electron chi connectivity index (χ3n) is 2.25. The van der Waals surface area contributed by atoms with Gasteiger partial charge < -0.3 is 5.73 Å². The van der Waals surface area contributed by atoms with Crippen LogP contribution >= 0.6 is 0 Å². The Labute approximate surface area is 88.0 Å². The van der Waals surface area contributed by atoms with E-state index in [1.165, 1.54) is 12.4 Å². The van der Waals surface area contributed by atoms with Crippen molar-refractivity contribution in [3.8, 4) is 12.3 Å². The Morgan fingerprint density at radius 2 is 2.33 bits per heavy atom. The molecule has 0 radical (unpaired) electrons. The number of fused-ring (bicyclic) bond motifs is 1. The summed E-state index contributed by atoms with van der Waals surface area (Å²) in [5.41, 5.74) is 7.85. The standard InChI is InChI=1S/C11H10N4/c1-2-8-9(13-4-3-12)7-10-11(8)15-6-5-14-10/h1,3-6,8H,7,12H2/b4-3-,13-9?. The Kier molecular flexibility index (Phi) is 2.46. The Balaban J connectivity index is 2.42. The molecule has 0 saturated carbocycles. The minimum Gasteiger partial charge on any atom is -0.403 e. The molecule has 0 aromatic carbocycles. The van der Waals surface area contributed by atoms with Gasteiger partial charge in [-0.1, -0.05) is 5.92 Å². The van der Waals surface area contributed by atoms with E-state index in [2.05, 4.69) is 20.9 Å². The maximum atomic E-state index is 5.46. The van der Waals surface area contributed by atoms with Gasteiger partial charge in [-0.25, -0.2) is 0 Å². The Hall–Kier alpha value is -2.15. The average molecular weight is 198 g/mol. The molecule has 1 aromatic heterocycles. The van der Waals surface area contributed by atoms with Crippen molar-refractivity contribution >= 4 is 5.71 Å². The third kappa shape index (κ3) is 1.59. The molecule has 0 bridgehead atoms. The molecule has 15 heavy (non-hydrogen) atoms. The molecule has 4 nitrogen and oxygen atoms in total. The molecule has 1 aliphatic rings. The van der Waals surface area contributed by atoms with Crippen molar-refractivity contribution in [3.63, 3.8) is 0 Å². The van der Waals surface area contributed by atoms with Crippen LogP contribution in [0.15, 0.2) is 29.8 Å². The molecule has 1 aliphatic carbocycles. The summed E-state index contributed by atoms with van der Waals surface area (Å²) in [6.45, 7) is 0. The summed E-state index contributed by atoms with van der Waals surface area (Å²) in [6, 6.07) is 0. The van der Waals surface area contributed by atoms with Crippen LogP contribution in [-0.2, 0) is 6.42 Å². The highest BCUT2D eigenvalue weighted by Gasteiger charge is 2.29. The fourth-order valence-electron chi connectivity index (χ4n) is 1.62. The van der Waals surface area contributed by atoms with Gasteiger partial charge >= 0.3 is 0 Å². The van der Waals surface area contributed by atoms with Crippen molar-refractivity contribution in [1.82, 2.24) is 9.97 Å². The summed E-state index contributed by atoms with van der Waals surface area (Å²) >= 11 is 0. The highest BCUT2D eigenvalue weighted by Crippen LogP contribution is 2.26. The topological polar surface area (TPSA) is 64.2 Å². The van der Waals surface area contributed by atoms with Gasteiger partial charge in [0, 0.05) is 36.9 Å². The molecule has 1 aromatic rings. The first kappa shape index (κ1) is 9.41. The molecule has 4 heteroatoms. The van der Waals surface area contributed by atoms with Crippen LogP contribution in [-0.4, -0.2) is 15.7 Å². The third-order valence-corrected chi connectivity index (χ3v) is 2.25. The average Bonchev–Trinajstić information content (AvgIpc) is 2.63. The van der Waals surface area contributed by atoms with Crippen LogP contribution in [0.2, 0.25) is 0 Å². The number of hydrogen-bond acceptors (Lipinski definition) is 4. The van der Waals surface area contributed by atoms with Gasteiger partial charge in [0.15, 0.2) is 0 Å². The molecule has 1 unspecified atom stereocenters. The zero-order chi connectivity index (χ0) is 10.7. The van der Waals surface area contributed by atoms with E-state index in [4.69, 9.17) is 12.2 Å². The first-order valence-electron chi connectivity index (χ1n) is 4.56. The van der Waals surface area contributed by atoms with E-state index in [9.17, 15) is 0 Å². The molecule has 2 N–H and O–H groups in total. The van der Waals surface area contributed by atoms with Crippen molar-refractivity contribution in [2.75, 3.05) is 0 Å². The van der Waals surface area contributed by atoms with Crippen LogP contribution < -0.4 is 5.73 Å². The lowest BCUT2D eigenvalue weighted by Gasteiger charge is -2.01. The van der Waals surface area contributed by atoms with Gasteiger partial charge in [0.2, 0.25) is 0 Å². The molecular formula is C11H10N4. The molecule has 0 fully saturated rings. The number of nitrogens with zero attached hydrogens (tertiary/aromatic N) is 3. The smallest absolute Gasteiger partial charge is 0.103 e. The monoisotopic (exact) mass is 198 g/mol. The first-order valence-corrected chi connectivity index (χ1v) is 4.56. The number of terminal acetylenes is 1. The maximum Gasteiger partial charge on any atom is 0.103 e. The maximum absolute atomic E-state index is 5.46. The molecule has 74 valence electrons. The molecule has 0 spiro atoms. The van der Waals surface area contributed by atoms with Gasteiger partial charge in [0.05, 0.1) is 11.4 Å². The van der Waals surface area contributed by atoms with Gasteiger partial charge in [-0.2, -0.15) is 0 Å². The van der Waals surface area contributed by atoms with Crippen molar-refractivity contribution in [2.24, 2.45) is 10.7 Å². The second-order valence-corrected chi connectivity index (χ2v) is 3.13. The van der Waals surface area contributed by atoms with Gasteiger partial charge in [-0.05, 0) is 0 Å². The van der Waals surface area contributed by atoms with Crippen LogP contribution in [0.5, 0.6) is 0 Å². The molecule has 0 saturated heterocycles. The summed E-state index contributed by atoms with van der Waals surface area (Å²) in [7, 11) is 0. The van der Waals surface area contributed by atoms with Crippen LogP contribution in [0.25, 0.3) is 0 Å². The summed E-state index contributed by atoms with van der Waals surface area (Å²) in [4.78, 5) is 12.6. The summed E-state index contributed by atoms with van der Waals surface area (Å²) in [5, 5.41) is 0. The van der Waals surface area contributed by atoms with Gasteiger partial charge in [-0.3, -0.25) is 15.0 Å². The Bertz CT molecular complexity index is 468. The first-order chi connectivity index (χ1) is 7.36. The van der Waals surface area contributed by atoms with Crippen LogP contribution in [0.4, 0.5) is 0 Å². The van der Waals surface area contributed by atoms with E-state index in [-0.39, 0.29) is 5.92 Å². The second-order valence-electron chi connectivity index (χ2n) is 3.13. The molecule has 1 heterocycles. The molecule has 2 rings (SSSR count).